The Morgan fingerprint density at radius 1 is 1.32 bits per heavy atom. The number of hydrogen-bond donors (Lipinski definition) is 1. The number of carboxylic acid groups (broad SMARTS) is 1. The van der Waals surface area contributed by atoms with Gasteiger partial charge in [0.05, 0.1) is 24.4 Å². The molecule has 6 nitrogen and oxygen atoms in total. The third-order valence-electron chi connectivity index (χ3n) is 3.78. The zero-order valence-electron chi connectivity index (χ0n) is 11.0. The van der Waals surface area contributed by atoms with Crippen LogP contribution in [0, 0.1) is 17.8 Å². The highest BCUT2D eigenvalue weighted by atomic mass is 16.5. The first-order valence-corrected chi connectivity index (χ1v) is 6.72. The lowest BCUT2D eigenvalue weighted by Gasteiger charge is -2.31. The summed E-state index contributed by atoms with van der Waals surface area (Å²) in [5.41, 5.74) is 0. The fraction of sp³-hybridized carbons (Fsp3) is 0.769. The summed E-state index contributed by atoms with van der Waals surface area (Å²) in [7, 11) is 0. The van der Waals surface area contributed by atoms with Gasteiger partial charge in [0.15, 0.2) is 0 Å². The molecule has 106 valence electrons. The summed E-state index contributed by atoms with van der Waals surface area (Å²) in [6.45, 7) is 3.07. The number of amides is 1. The van der Waals surface area contributed by atoms with Gasteiger partial charge in [-0.3, -0.25) is 14.4 Å². The monoisotopic (exact) mass is 269 g/mol. The second-order valence-corrected chi connectivity index (χ2v) is 5.16. The van der Waals surface area contributed by atoms with Crippen LogP contribution in [0.4, 0.5) is 0 Å². The predicted molar refractivity (Wildman–Crippen MR) is 65.2 cm³/mol. The van der Waals surface area contributed by atoms with Crippen molar-refractivity contribution in [1.82, 2.24) is 4.90 Å². The number of aliphatic carboxylic acids is 1. The Labute approximate surface area is 111 Å². The molecule has 1 amide bonds. The Morgan fingerprint density at radius 3 is 2.63 bits per heavy atom. The molecule has 2 fully saturated rings. The molecule has 0 aromatic carbocycles. The Kier molecular flexibility index (Phi) is 4.07. The van der Waals surface area contributed by atoms with E-state index in [1.54, 1.807) is 11.8 Å². The van der Waals surface area contributed by atoms with Gasteiger partial charge in [-0.15, -0.1) is 0 Å². The molecule has 0 bridgehead atoms. The van der Waals surface area contributed by atoms with Gasteiger partial charge in [-0.1, -0.05) is 0 Å². The summed E-state index contributed by atoms with van der Waals surface area (Å²) in [5, 5.41) is 8.84. The molecule has 0 spiro atoms. The largest absolute Gasteiger partial charge is 0.481 e. The summed E-state index contributed by atoms with van der Waals surface area (Å²) in [5.74, 6) is -2.47. The molecular formula is C13H19NO5. The minimum atomic E-state index is -0.905. The molecule has 1 unspecified atom stereocenters. The standard InChI is InChI=1S/C13H19NO5/c1-2-19-13(18)8-4-3-5-14(7-8)11(15)9-6-10(9)12(16)17/h8-10H,2-7H2,1H3,(H,16,17)/t8?,9-,10+/m1/s1. The van der Waals surface area contributed by atoms with Crippen LogP contribution in [0.3, 0.4) is 0 Å². The van der Waals surface area contributed by atoms with Crippen molar-refractivity contribution in [3.63, 3.8) is 0 Å². The van der Waals surface area contributed by atoms with E-state index in [0.29, 0.717) is 26.1 Å². The molecule has 1 N–H and O–H groups in total. The van der Waals surface area contributed by atoms with E-state index in [4.69, 9.17) is 9.84 Å². The maximum atomic E-state index is 12.1. The van der Waals surface area contributed by atoms with Crippen molar-refractivity contribution < 1.29 is 24.2 Å². The summed E-state index contributed by atoms with van der Waals surface area (Å²) in [4.78, 5) is 36.2. The number of ether oxygens (including phenoxy) is 1. The van der Waals surface area contributed by atoms with Gasteiger partial charge in [0.2, 0.25) is 5.91 Å². The van der Waals surface area contributed by atoms with E-state index in [-0.39, 0.29) is 17.8 Å². The molecule has 0 aromatic heterocycles. The predicted octanol–water partition coefficient (Wildman–Crippen LogP) is 0.509. The van der Waals surface area contributed by atoms with Crippen molar-refractivity contribution in [2.75, 3.05) is 19.7 Å². The van der Waals surface area contributed by atoms with E-state index in [9.17, 15) is 14.4 Å². The van der Waals surface area contributed by atoms with Crippen LogP contribution in [0.25, 0.3) is 0 Å². The van der Waals surface area contributed by atoms with Crippen molar-refractivity contribution in [2.45, 2.75) is 26.2 Å². The van der Waals surface area contributed by atoms with Crippen LogP contribution < -0.4 is 0 Å². The average molecular weight is 269 g/mol. The van der Waals surface area contributed by atoms with E-state index in [2.05, 4.69) is 0 Å². The highest BCUT2D eigenvalue weighted by Gasteiger charge is 2.50. The van der Waals surface area contributed by atoms with Gasteiger partial charge in [0.1, 0.15) is 0 Å². The number of carbonyl (C=O) groups is 3. The second kappa shape index (κ2) is 5.59. The van der Waals surface area contributed by atoms with Crippen molar-refractivity contribution >= 4 is 17.8 Å². The zero-order chi connectivity index (χ0) is 14.0. The molecule has 19 heavy (non-hydrogen) atoms. The molecule has 0 radical (unpaired) electrons. The fourth-order valence-electron chi connectivity index (χ4n) is 2.61. The molecule has 6 heteroatoms. The minimum absolute atomic E-state index is 0.124. The van der Waals surface area contributed by atoms with E-state index >= 15 is 0 Å². The van der Waals surface area contributed by atoms with E-state index in [1.807, 2.05) is 0 Å². The van der Waals surface area contributed by atoms with Crippen molar-refractivity contribution in [2.24, 2.45) is 17.8 Å². The Hall–Kier alpha value is -1.59. The molecule has 1 heterocycles. The van der Waals surface area contributed by atoms with E-state index < -0.39 is 17.8 Å². The first-order valence-electron chi connectivity index (χ1n) is 6.72. The molecule has 1 saturated carbocycles. The highest BCUT2D eigenvalue weighted by Crippen LogP contribution is 2.40. The van der Waals surface area contributed by atoms with Crippen LogP contribution >= 0.6 is 0 Å². The van der Waals surface area contributed by atoms with Crippen LogP contribution in [0.15, 0.2) is 0 Å². The fourth-order valence-corrected chi connectivity index (χ4v) is 2.61. The Bertz CT molecular complexity index is 394. The van der Waals surface area contributed by atoms with Gasteiger partial charge >= 0.3 is 11.9 Å². The van der Waals surface area contributed by atoms with Gasteiger partial charge in [0, 0.05) is 13.1 Å². The number of piperidine rings is 1. The van der Waals surface area contributed by atoms with Gasteiger partial charge in [-0.05, 0) is 26.2 Å². The molecule has 2 aliphatic rings. The summed E-state index contributed by atoms with van der Waals surface area (Å²) in [6, 6.07) is 0. The van der Waals surface area contributed by atoms with Crippen LogP contribution in [0.5, 0.6) is 0 Å². The first kappa shape index (κ1) is 13.8. The van der Waals surface area contributed by atoms with Gasteiger partial charge in [0.25, 0.3) is 0 Å². The molecule has 2 rings (SSSR count). The smallest absolute Gasteiger partial charge is 0.310 e. The maximum Gasteiger partial charge on any atom is 0.310 e. The van der Waals surface area contributed by atoms with Crippen molar-refractivity contribution in [3.05, 3.63) is 0 Å². The highest BCUT2D eigenvalue weighted by molar-refractivity contribution is 5.89. The SMILES string of the molecule is CCOC(=O)C1CCCN(C(=O)[C@@H]2C[C@@H]2C(=O)O)C1. The quantitative estimate of drug-likeness (QED) is 0.752. The number of carbonyl (C=O) groups excluding carboxylic acids is 2. The minimum Gasteiger partial charge on any atom is -0.481 e. The Morgan fingerprint density at radius 2 is 2.05 bits per heavy atom. The van der Waals surface area contributed by atoms with Gasteiger partial charge in [-0.2, -0.15) is 0 Å². The third kappa shape index (κ3) is 3.05. The molecule has 1 aliphatic carbocycles. The summed E-state index contributed by atoms with van der Waals surface area (Å²) < 4.78 is 4.97. The number of carboxylic acids is 1. The van der Waals surface area contributed by atoms with Crippen LogP contribution in [-0.2, 0) is 19.1 Å². The number of esters is 1. The molecule has 1 saturated heterocycles. The zero-order valence-corrected chi connectivity index (χ0v) is 11.0. The average Bonchev–Trinajstić information content (AvgIpc) is 3.18. The van der Waals surface area contributed by atoms with E-state index in [0.717, 1.165) is 12.8 Å². The van der Waals surface area contributed by atoms with Crippen molar-refractivity contribution in [1.29, 1.82) is 0 Å². The van der Waals surface area contributed by atoms with Crippen LogP contribution in [0.2, 0.25) is 0 Å². The third-order valence-corrected chi connectivity index (χ3v) is 3.78. The normalized spacial score (nSPS) is 29.7. The van der Waals surface area contributed by atoms with Crippen LogP contribution in [-0.4, -0.2) is 47.5 Å². The summed E-state index contributed by atoms with van der Waals surface area (Å²) >= 11 is 0. The van der Waals surface area contributed by atoms with Gasteiger partial charge < -0.3 is 14.7 Å². The number of likely N-dealkylation sites (tertiary alicyclic amines) is 1. The lowest BCUT2D eigenvalue weighted by molar-refractivity contribution is -0.152. The molecule has 3 atom stereocenters. The van der Waals surface area contributed by atoms with Crippen molar-refractivity contribution in [3.8, 4) is 0 Å². The number of nitrogens with zero attached hydrogens (tertiary/aromatic N) is 1. The van der Waals surface area contributed by atoms with E-state index in [1.165, 1.54) is 0 Å². The second-order valence-electron chi connectivity index (χ2n) is 5.16. The summed E-state index contributed by atoms with van der Waals surface area (Å²) in [6.07, 6.45) is 1.92. The van der Waals surface area contributed by atoms with Gasteiger partial charge in [-0.25, -0.2) is 0 Å². The topological polar surface area (TPSA) is 83.9 Å². The Balaban J connectivity index is 1.89. The number of rotatable bonds is 4. The molecule has 0 aromatic rings. The lowest BCUT2D eigenvalue weighted by atomic mass is 9.97. The van der Waals surface area contributed by atoms with Crippen LogP contribution in [0.1, 0.15) is 26.2 Å². The molecular weight excluding hydrogens is 250 g/mol. The number of hydrogen-bond acceptors (Lipinski definition) is 4. The lowest BCUT2D eigenvalue weighted by Crippen LogP contribution is -2.43. The first-order chi connectivity index (χ1) is 9.04. The maximum absolute atomic E-state index is 12.1. The molecule has 1 aliphatic heterocycles.